The Kier molecular flexibility index (Phi) is 5.15. The van der Waals surface area contributed by atoms with E-state index in [1.807, 2.05) is 5.48 Å². The Labute approximate surface area is 148 Å². The van der Waals surface area contributed by atoms with Crippen LogP contribution in [0.1, 0.15) is 29.3 Å². The number of nitrogens with zero attached hydrogens (tertiary/aromatic N) is 3. The van der Waals surface area contributed by atoms with E-state index in [0.717, 1.165) is 11.1 Å². The molecule has 1 aliphatic carbocycles. The molecule has 1 aromatic heterocycles. The number of nitrogens with one attached hydrogen (secondary N) is 2. The molecule has 0 amide bonds. The second-order valence-electron chi connectivity index (χ2n) is 5.76. The normalized spacial score (nSPS) is 16.7. The lowest BCUT2D eigenvalue weighted by molar-refractivity contribution is 0.232. The highest BCUT2D eigenvalue weighted by Gasteiger charge is 2.28. The van der Waals surface area contributed by atoms with Crippen molar-refractivity contribution in [2.75, 3.05) is 17.6 Å². The van der Waals surface area contributed by atoms with Crippen molar-refractivity contribution < 1.29 is 22.6 Å². The number of amidine groups is 1. The minimum absolute atomic E-state index is 0.0000996. The van der Waals surface area contributed by atoms with Gasteiger partial charge in [0.25, 0.3) is 0 Å². The van der Waals surface area contributed by atoms with Gasteiger partial charge in [-0.2, -0.15) is 0 Å². The summed E-state index contributed by atoms with van der Waals surface area (Å²) < 4.78 is 39.8. The van der Waals surface area contributed by atoms with Gasteiger partial charge in [0.15, 0.2) is 11.5 Å². The third-order valence-electron chi connectivity index (χ3n) is 3.88. The number of hydrogen-bond donors (Lipinski definition) is 4. The maximum atomic E-state index is 13.4. The zero-order valence-corrected chi connectivity index (χ0v) is 14.3. The van der Waals surface area contributed by atoms with Crippen molar-refractivity contribution >= 4 is 21.7 Å². The summed E-state index contributed by atoms with van der Waals surface area (Å²) in [4.78, 5) is 4.32. The number of anilines is 1. The molecule has 0 spiro atoms. The molecule has 0 saturated heterocycles. The van der Waals surface area contributed by atoms with Crippen LogP contribution in [0.5, 0.6) is 0 Å². The van der Waals surface area contributed by atoms with Crippen molar-refractivity contribution in [2.24, 2.45) is 10.1 Å². The summed E-state index contributed by atoms with van der Waals surface area (Å²) in [7, 11) is -3.55. The minimum Gasteiger partial charge on any atom is -0.365 e. The largest absolute Gasteiger partial charge is 0.365 e. The van der Waals surface area contributed by atoms with Crippen LogP contribution in [0.3, 0.4) is 0 Å². The Morgan fingerprint density at radius 3 is 3.00 bits per heavy atom. The SMILES string of the molecule is NS(=O)(=O)CCCNc1nonc1C(=NC1Cc2ccc(F)cc21)NO. The molecule has 1 heterocycles. The number of nitrogens with two attached hydrogens (primary N) is 1. The number of fused-ring (bicyclic) bond motifs is 1. The number of sulfonamides is 1. The molecule has 26 heavy (non-hydrogen) atoms. The fourth-order valence-corrected chi connectivity index (χ4v) is 3.15. The third kappa shape index (κ3) is 4.15. The molecule has 1 aromatic carbocycles. The standard InChI is InChI=1S/C14H17FN6O4S/c15-9-3-2-8-6-11(10(8)7-9)18-14(19-22)12-13(21-25-20-12)17-4-1-5-26(16,23)24/h2-3,7,11,22H,1,4-6H2,(H,17,21)(H,18,19)(H2,16,23,24). The molecule has 0 aliphatic heterocycles. The number of hydroxylamine groups is 1. The maximum absolute atomic E-state index is 13.4. The van der Waals surface area contributed by atoms with Crippen LogP contribution in [0, 0.1) is 5.82 Å². The summed E-state index contributed by atoms with van der Waals surface area (Å²) >= 11 is 0. The van der Waals surface area contributed by atoms with Crippen LogP contribution in [-0.2, 0) is 16.4 Å². The second-order valence-corrected chi connectivity index (χ2v) is 7.50. The Morgan fingerprint density at radius 2 is 2.27 bits per heavy atom. The van der Waals surface area contributed by atoms with Gasteiger partial charge < -0.3 is 5.32 Å². The Morgan fingerprint density at radius 1 is 1.46 bits per heavy atom. The molecule has 1 unspecified atom stereocenters. The van der Waals surface area contributed by atoms with Crippen molar-refractivity contribution in [2.45, 2.75) is 18.9 Å². The van der Waals surface area contributed by atoms with Crippen LogP contribution in [0.2, 0.25) is 0 Å². The Hall–Kier alpha value is -2.57. The molecule has 0 bridgehead atoms. The average molecular weight is 384 g/mol. The van der Waals surface area contributed by atoms with Gasteiger partial charge in [0.05, 0.1) is 11.8 Å². The van der Waals surface area contributed by atoms with E-state index in [2.05, 4.69) is 25.3 Å². The molecule has 3 rings (SSSR count). The first-order valence-corrected chi connectivity index (χ1v) is 9.42. The van der Waals surface area contributed by atoms with Gasteiger partial charge in [-0.05, 0) is 46.4 Å². The molecule has 1 atom stereocenters. The van der Waals surface area contributed by atoms with Gasteiger partial charge in [0, 0.05) is 6.54 Å². The molecular formula is C14H17FN6O4S. The molecule has 5 N–H and O–H groups in total. The topological polar surface area (TPSA) is 156 Å². The number of hydrogen-bond acceptors (Lipinski definition) is 8. The number of aromatic nitrogens is 2. The predicted molar refractivity (Wildman–Crippen MR) is 89.7 cm³/mol. The van der Waals surface area contributed by atoms with E-state index in [1.165, 1.54) is 12.1 Å². The van der Waals surface area contributed by atoms with E-state index in [4.69, 9.17) is 5.14 Å². The summed E-state index contributed by atoms with van der Waals surface area (Å²) in [5.74, 6) is -0.370. The summed E-state index contributed by atoms with van der Waals surface area (Å²) in [6.07, 6.45) is 0.850. The van der Waals surface area contributed by atoms with Gasteiger partial charge in [-0.15, -0.1) is 0 Å². The molecule has 0 radical (unpaired) electrons. The van der Waals surface area contributed by atoms with Crippen LogP contribution in [0.15, 0.2) is 27.8 Å². The Bertz CT molecular complexity index is 929. The fraction of sp³-hybridized carbons (Fsp3) is 0.357. The molecule has 12 heteroatoms. The first kappa shape index (κ1) is 18.2. The lowest BCUT2D eigenvalue weighted by Gasteiger charge is -2.27. The molecule has 0 saturated carbocycles. The fourth-order valence-electron chi connectivity index (χ4n) is 2.60. The Balaban J connectivity index is 1.71. The quantitative estimate of drug-likeness (QED) is 0.230. The highest BCUT2D eigenvalue weighted by molar-refractivity contribution is 7.89. The minimum atomic E-state index is -3.55. The highest BCUT2D eigenvalue weighted by Crippen LogP contribution is 2.36. The number of rotatable bonds is 7. The monoisotopic (exact) mass is 384 g/mol. The van der Waals surface area contributed by atoms with Crippen LogP contribution in [-0.4, -0.2) is 42.1 Å². The number of primary sulfonamides is 1. The van der Waals surface area contributed by atoms with Crippen molar-refractivity contribution in [1.29, 1.82) is 0 Å². The second kappa shape index (κ2) is 7.35. The van der Waals surface area contributed by atoms with Gasteiger partial charge in [0.2, 0.25) is 15.8 Å². The first-order valence-electron chi connectivity index (χ1n) is 7.71. The summed E-state index contributed by atoms with van der Waals surface area (Å²) in [5.41, 5.74) is 3.78. The highest BCUT2D eigenvalue weighted by atomic mass is 32.2. The molecule has 2 aromatic rings. The lowest BCUT2D eigenvalue weighted by atomic mass is 9.83. The third-order valence-corrected chi connectivity index (χ3v) is 4.74. The van der Waals surface area contributed by atoms with Crippen molar-refractivity contribution in [3.8, 4) is 0 Å². The molecule has 140 valence electrons. The summed E-state index contributed by atoms with van der Waals surface area (Å²) in [5, 5.41) is 24.5. The summed E-state index contributed by atoms with van der Waals surface area (Å²) in [6.45, 7) is 0.244. The first-order chi connectivity index (χ1) is 12.4. The van der Waals surface area contributed by atoms with Gasteiger partial charge >= 0.3 is 0 Å². The summed E-state index contributed by atoms with van der Waals surface area (Å²) in [6, 6.07) is 4.14. The average Bonchev–Trinajstić information content (AvgIpc) is 3.02. The van der Waals surface area contributed by atoms with Gasteiger partial charge in [0.1, 0.15) is 5.82 Å². The molecule has 10 nitrogen and oxygen atoms in total. The number of benzene rings is 1. The molecule has 0 fully saturated rings. The maximum Gasteiger partial charge on any atom is 0.209 e. The van der Waals surface area contributed by atoms with Crippen LogP contribution >= 0.6 is 0 Å². The van der Waals surface area contributed by atoms with Gasteiger partial charge in [-0.3, -0.25) is 15.7 Å². The predicted octanol–water partition coefficient (Wildman–Crippen LogP) is 0.322. The van der Waals surface area contributed by atoms with Crippen LogP contribution in [0.25, 0.3) is 0 Å². The van der Waals surface area contributed by atoms with Gasteiger partial charge in [-0.25, -0.2) is 22.6 Å². The van der Waals surface area contributed by atoms with E-state index < -0.39 is 10.0 Å². The van der Waals surface area contributed by atoms with Crippen molar-refractivity contribution in [3.63, 3.8) is 0 Å². The van der Waals surface area contributed by atoms with E-state index in [0.29, 0.717) is 6.42 Å². The van der Waals surface area contributed by atoms with E-state index in [9.17, 15) is 18.0 Å². The van der Waals surface area contributed by atoms with Crippen LogP contribution in [0.4, 0.5) is 10.2 Å². The van der Waals surface area contributed by atoms with Crippen molar-refractivity contribution in [3.05, 3.63) is 40.8 Å². The van der Waals surface area contributed by atoms with E-state index in [-0.39, 0.29) is 47.9 Å². The molecular weight excluding hydrogens is 367 g/mol. The van der Waals surface area contributed by atoms with Crippen molar-refractivity contribution in [1.82, 2.24) is 15.8 Å². The number of aliphatic imine (C=N–C) groups is 1. The number of halogens is 1. The molecule has 1 aliphatic rings. The lowest BCUT2D eigenvalue weighted by Crippen LogP contribution is -2.26. The van der Waals surface area contributed by atoms with E-state index >= 15 is 0 Å². The van der Waals surface area contributed by atoms with E-state index in [1.54, 1.807) is 6.07 Å². The zero-order valence-electron chi connectivity index (χ0n) is 13.5. The zero-order chi connectivity index (χ0) is 18.7. The smallest absolute Gasteiger partial charge is 0.209 e. The van der Waals surface area contributed by atoms with Gasteiger partial charge in [-0.1, -0.05) is 6.07 Å². The van der Waals surface area contributed by atoms with Crippen LogP contribution < -0.4 is 15.9 Å².